The van der Waals surface area contributed by atoms with Gasteiger partial charge in [-0.25, -0.2) is 4.79 Å². The molecule has 3 fully saturated rings. The average molecular weight is 383 g/mol. The van der Waals surface area contributed by atoms with E-state index in [1.54, 1.807) is 6.08 Å². The fourth-order valence-electron chi connectivity index (χ4n) is 5.42. The van der Waals surface area contributed by atoms with Crippen molar-refractivity contribution in [2.45, 2.75) is 88.3 Å². The molecule has 2 saturated heterocycles. The summed E-state index contributed by atoms with van der Waals surface area (Å²) in [6.45, 7) is 2.26. The van der Waals surface area contributed by atoms with E-state index < -0.39 is 5.97 Å². The lowest BCUT2D eigenvalue weighted by Crippen LogP contribution is -2.35. The fraction of sp³-hybridized carbons (Fsp3) is 0.857. The van der Waals surface area contributed by atoms with Gasteiger partial charge in [0.15, 0.2) is 0 Å². The molecule has 26 heavy (non-hydrogen) atoms. The van der Waals surface area contributed by atoms with Crippen LogP contribution in [0.3, 0.4) is 0 Å². The van der Waals surface area contributed by atoms with Gasteiger partial charge in [-0.15, -0.1) is 0 Å². The van der Waals surface area contributed by atoms with Gasteiger partial charge in [0.05, 0.1) is 18.3 Å². The molecule has 2 N–H and O–H groups in total. The molecule has 0 amide bonds. The van der Waals surface area contributed by atoms with Gasteiger partial charge in [-0.2, -0.15) is 11.8 Å². The first-order valence-electron chi connectivity index (χ1n) is 10.4. The number of thioether (sulfide) groups is 1. The second-order valence-electron chi connectivity index (χ2n) is 8.35. The first kappa shape index (κ1) is 20.2. The number of carbonyl (C=O) groups is 1. The Labute approximate surface area is 161 Å². The number of rotatable bonds is 9. The number of carboxylic acids is 1. The molecule has 148 valence electrons. The Morgan fingerprint density at radius 3 is 2.65 bits per heavy atom. The summed E-state index contributed by atoms with van der Waals surface area (Å²) >= 11 is 1.83. The maximum Gasteiger partial charge on any atom is 0.328 e. The topological polar surface area (TPSA) is 66.8 Å². The highest BCUT2D eigenvalue weighted by Crippen LogP contribution is 2.49. The van der Waals surface area contributed by atoms with Crippen molar-refractivity contribution < 1.29 is 19.7 Å². The Morgan fingerprint density at radius 1 is 1.19 bits per heavy atom. The lowest BCUT2D eigenvalue weighted by Gasteiger charge is -2.34. The summed E-state index contributed by atoms with van der Waals surface area (Å²) in [7, 11) is 0. The first-order chi connectivity index (χ1) is 12.6. The van der Waals surface area contributed by atoms with Crippen LogP contribution in [-0.2, 0) is 9.53 Å². The van der Waals surface area contributed by atoms with Crippen molar-refractivity contribution in [3.8, 4) is 0 Å². The molecule has 0 radical (unpaired) electrons. The van der Waals surface area contributed by atoms with Gasteiger partial charge in [0, 0.05) is 23.0 Å². The van der Waals surface area contributed by atoms with Gasteiger partial charge < -0.3 is 14.9 Å². The smallest absolute Gasteiger partial charge is 0.328 e. The molecule has 0 spiro atoms. The van der Waals surface area contributed by atoms with Gasteiger partial charge in [-0.3, -0.25) is 0 Å². The van der Waals surface area contributed by atoms with Gasteiger partial charge >= 0.3 is 5.97 Å². The van der Waals surface area contributed by atoms with Crippen molar-refractivity contribution >= 4 is 17.7 Å². The van der Waals surface area contributed by atoms with E-state index in [0.29, 0.717) is 35.2 Å². The fourth-order valence-corrected chi connectivity index (χ4v) is 6.54. The van der Waals surface area contributed by atoms with Crippen LogP contribution in [0, 0.1) is 17.8 Å². The SMILES string of the molecule is CC(SC/C=C/C(=O)O)C1C2CCC(O2)C1CCC(O)C1CCCCC1. The molecule has 0 aromatic heterocycles. The minimum absolute atomic E-state index is 0.142. The Hall–Kier alpha value is -0.520. The number of aliphatic hydroxyl groups excluding tert-OH is 1. The standard InChI is InChI=1S/C21H34O4S/c1-14(26-13-5-8-20(23)24)21-16(18-11-12-19(21)25-18)9-10-17(22)15-6-3-2-4-7-15/h5,8,14-19,21-22H,2-4,6-7,9-13H2,1H3,(H,23,24)/b8-5+. The van der Waals surface area contributed by atoms with Crippen LogP contribution >= 0.6 is 11.8 Å². The van der Waals surface area contributed by atoms with Crippen LogP contribution in [0.25, 0.3) is 0 Å². The van der Waals surface area contributed by atoms with Gasteiger partial charge in [-0.1, -0.05) is 32.3 Å². The molecule has 2 bridgehead atoms. The summed E-state index contributed by atoms with van der Waals surface area (Å²) < 4.78 is 6.23. The lowest BCUT2D eigenvalue weighted by atomic mass is 9.74. The van der Waals surface area contributed by atoms with Crippen molar-refractivity contribution in [2.75, 3.05) is 5.75 Å². The Bertz CT molecular complexity index is 488. The van der Waals surface area contributed by atoms with Crippen LogP contribution in [0.5, 0.6) is 0 Å². The van der Waals surface area contributed by atoms with Crippen LogP contribution in [-0.4, -0.2) is 45.5 Å². The molecule has 1 aliphatic carbocycles. The van der Waals surface area contributed by atoms with Crippen molar-refractivity contribution in [1.82, 2.24) is 0 Å². The first-order valence-corrected chi connectivity index (χ1v) is 11.5. The molecule has 1 saturated carbocycles. The molecule has 2 aliphatic heterocycles. The molecule has 6 atom stereocenters. The van der Waals surface area contributed by atoms with E-state index >= 15 is 0 Å². The zero-order valence-corrected chi connectivity index (χ0v) is 16.7. The summed E-state index contributed by atoms with van der Waals surface area (Å²) in [6.07, 6.45) is 14.1. The van der Waals surface area contributed by atoms with E-state index in [4.69, 9.17) is 9.84 Å². The third kappa shape index (κ3) is 5.05. The summed E-state index contributed by atoms with van der Waals surface area (Å²) in [4.78, 5) is 10.6. The average Bonchev–Trinajstić information content (AvgIpc) is 3.25. The molecule has 5 heteroatoms. The summed E-state index contributed by atoms with van der Waals surface area (Å²) in [5.41, 5.74) is 0. The van der Waals surface area contributed by atoms with Crippen LogP contribution in [0.4, 0.5) is 0 Å². The number of carboxylic acid groups (broad SMARTS) is 1. The Kier molecular flexibility index (Phi) is 7.47. The second-order valence-corrected chi connectivity index (χ2v) is 9.76. The molecule has 4 nitrogen and oxygen atoms in total. The van der Waals surface area contributed by atoms with Crippen LogP contribution in [0.15, 0.2) is 12.2 Å². The minimum Gasteiger partial charge on any atom is -0.478 e. The third-order valence-electron chi connectivity index (χ3n) is 6.73. The number of fused-ring (bicyclic) bond motifs is 2. The summed E-state index contributed by atoms with van der Waals surface area (Å²) in [6, 6.07) is 0. The Balaban J connectivity index is 1.50. The number of hydrogen-bond acceptors (Lipinski definition) is 4. The van der Waals surface area contributed by atoms with E-state index in [1.807, 2.05) is 11.8 Å². The molecule has 0 aromatic carbocycles. The van der Waals surface area contributed by atoms with Crippen molar-refractivity contribution in [2.24, 2.45) is 17.8 Å². The largest absolute Gasteiger partial charge is 0.478 e. The molecular weight excluding hydrogens is 348 g/mol. The molecule has 0 aromatic rings. The number of aliphatic hydroxyl groups is 1. The van der Waals surface area contributed by atoms with E-state index in [0.717, 1.165) is 25.0 Å². The summed E-state index contributed by atoms with van der Waals surface area (Å²) in [5.74, 6) is 1.46. The number of hydrogen-bond donors (Lipinski definition) is 2. The van der Waals surface area contributed by atoms with E-state index in [1.165, 1.54) is 44.6 Å². The van der Waals surface area contributed by atoms with Crippen molar-refractivity contribution in [3.63, 3.8) is 0 Å². The highest BCUT2D eigenvalue weighted by molar-refractivity contribution is 8.00. The van der Waals surface area contributed by atoms with Gasteiger partial charge in [-0.05, 0) is 50.4 Å². The van der Waals surface area contributed by atoms with Crippen molar-refractivity contribution in [3.05, 3.63) is 12.2 Å². The lowest BCUT2D eigenvalue weighted by molar-refractivity contribution is -0.131. The van der Waals surface area contributed by atoms with Crippen molar-refractivity contribution in [1.29, 1.82) is 0 Å². The zero-order chi connectivity index (χ0) is 18.5. The molecule has 2 heterocycles. The quantitative estimate of drug-likeness (QED) is 0.583. The molecule has 3 aliphatic rings. The van der Waals surface area contributed by atoms with Crippen LogP contribution in [0.2, 0.25) is 0 Å². The van der Waals surface area contributed by atoms with E-state index in [9.17, 15) is 9.90 Å². The second kappa shape index (κ2) is 9.61. The maximum atomic E-state index is 10.6. The Morgan fingerprint density at radius 2 is 1.92 bits per heavy atom. The summed E-state index contributed by atoms with van der Waals surface area (Å²) in [5, 5.41) is 19.8. The van der Waals surface area contributed by atoms with Gasteiger partial charge in [0.1, 0.15) is 0 Å². The molecular formula is C21H34O4S. The minimum atomic E-state index is -0.879. The number of aliphatic carboxylic acids is 1. The highest BCUT2D eigenvalue weighted by atomic mass is 32.2. The molecule has 3 rings (SSSR count). The number of ether oxygens (including phenoxy) is 1. The van der Waals surface area contributed by atoms with Crippen LogP contribution in [0.1, 0.15) is 64.7 Å². The maximum absolute atomic E-state index is 10.6. The third-order valence-corrected chi connectivity index (χ3v) is 7.96. The van der Waals surface area contributed by atoms with Crippen LogP contribution < -0.4 is 0 Å². The van der Waals surface area contributed by atoms with Gasteiger partial charge in [0.25, 0.3) is 0 Å². The monoisotopic (exact) mass is 382 g/mol. The predicted octanol–water partition coefficient (Wildman–Crippen LogP) is 4.26. The molecule has 6 unspecified atom stereocenters. The predicted molar refractivity (Wildman–Crippen MR) is 105 cm³/mol. The normalized spacial score (nSPS) is 34.4. The highest BCUT2D eigenvalue weighted by Gasteiger charge is 2.50. The van der Waals surface area contributed by atoms with E-state index in [2.05, 4.69) is 6.92 Å². The zero-order valence-electron chi connectivity index (χ0n) is 15.9. The van der Waals surface area contributed by atoms with E-state index in [-0.39, 0.29) is 6.10 Å². The van der Waals surface area contributed by atoms with Gasteiger partial charge in [0.2, 0.25) is 0 Å².